The lowest BCUT2D eigenvalue weighted by molar-refractivity contribution is 0.0957. The fraction of sp³-hybridized carbons (Fsp3) is 0.214. The Labute approximate surface area is 236 Å². The van der Waals surface area contributed by atoms with Crippen molar-refractivity contribution in [2.45, 2.75) is 20.3 Å². The minimum atomic E-state index is -0.626. The van der Waals surface area contributed by atoms with Gasteiger partial charge in [0.2, 0.25) is 5.95 Å². The molecular formula is C28H29ClFN7O3. The molecule has 0 bridgehead atoms. The third kappa shape index (κ3) is 7.55. The third-order valence-electron chi connectivity index (χ3n) is 5.67. The molecule has 0 unspecified atom stereocenters. The van der Waals surface area contributed by atoms with Crippen LogP contribution in [0.2, 0.25) is 5.02 Å². The number of phenolic OH excluding ortho intramolecular Hbond substituents is 1. The minimum absolute atomic E-state index is 0.00570. The zero-order chi connectivity index (χ0) is 28.5. The molecule has 0 spiro atoms. The van der Waals surface area contributed by atoms with Gasteiger partial charge in [-0.3, -0.25) is 15.6 Å². The SMILES string of the molecule is CCOCCNc1nc(NNC(=O)c2ccc(Nc3cc(Cl)cc(-c4cccc(O)c4)c3)c(CC)n2)ncc1F. The van der Waals surface area contributed by atoms with Crippen LogP contribution >= 0.6 is 11.6 Å². The van der Waals surface area contributed by atoms with E-state index in [-0.39, 0.29) is 23.2 Å². The molecule has 4 rings (SSSR count). The number of benzene rings is 2. The number of hydrogen-bond donors (Lipinski definition) is 5. The average molecular weight is 566 g/mol. The summed E-state index contributed by atoms with van der Waals surface area (Å²) in [5.74, 6) is -0.991. The van der Waals surface area contributed by atoms with Crippen LogP contribution in [0.4, 0.5) is 27.5 Å². The molecule has 0 atom stereocenters. The number of aryl methyl sites for hydroxylation is 1. The number of amides is 1. The van der Waals surface area contributed by atoms with Crippen molar-refractivity contribution >= 4 is 40.6 Å². The monoisotopic (exact) mass is 565 g/mol. The van der Waals surface area contributed by atoms with Gasteiger partial charge in [-0.25, -0.2) is 14.4 Å². The van der Waals surface area contributed by atoms with Crippen LogP contribution in [0.25, 0.3) is 11.1 Å². The quantitative estimate of drug-likeness (QED) is 0.111. The lowest BCUT2D eigenvalue weighted by Crippen LogP contribution is -2.31. The number of rotatable bonds is 12. The summed E-state index contributed by atoms with van der Waals surface area (Å²) >= 11 is 6.37. The maximum absolute atomic E-state index is 14.0. The van der Waals surface area contributed by atoms with Gasteiger partial charge in [0.25, 0.3) is 5.91 Å². The zero-order valence-corrected chi connectivity index (χ0v) is 22.7. The van der Waals surface area contributed by atoms with Crippen molar-refractivity contribution < 1.29 is 19.0 Å². The van der Waals surface area contributed by atoms with Crippen LogP contribution < -0.4 is 21.5 Å². The Morgan fingerprint density at radius 2 is 1.93 bits per heavy atom. The number of nitrogens with one attached hydrogen (secondary N) is 4. The van der Waals surface area contributed by atoms with Crippen molar-refractivity contribution in [1.29, 1.82) is 0 Å². The molecule has 1 amide bonds. The highest BCUT2D eigenvalue weighted by molar-refractivity contribution is 6.31. The first-order valence-corrected chi connectivity index (χ1v) is 13.0. The predicted molar refractivity (Wildman–Crippen MR) is 154 cm³/mol. The maximum atomic E-state index is 14.0. The zero-order valence-electron chi connectivity index (χ0n) is 22.0. The smallest absolute Gasteiger partial charge is 0.288 e. The van der Waals surface area contributed by atoms with E-state index in [1.54, 1.807) is 36.4 Å². The van der Waals surface area contributed by atoms with Crippen LogP contribution in [0, 0.1) is 5.82 Å². The Hall–Kier alpha value is -4.48. The molecule has 2 aromatic carbocycles. The van der Waals surface area contributed by atoms with E-state index in [4.69, 9.17) is 16.3 Å². The number of carbonyl (C=O) groups excluding carboxylic acids is 1. The van der Waals surface area contributed by atoms with Gasteiger partial charge in [-0.2, -0.15) is 4.98 Å². The molecule has 0 aliphatic heterocycles. The molecule has 0 saturated heterocycles. The highest BCUT2D eigenvalue weighted by Gasteiger charge is 2.13. The van der Waals surface area contributed by atoms with Crippen LogP contribution in [0.1, 0.15) is 30.0 Å². The van der Waals surface area contributed by atoms with Crippen molar-refractivity contribution in [3.05, 3.63) is 83.0 Å². The minimum Gasteiger partial charge on any atom is -0.508 e. The van der Waals surface area contributed by atoms with Gasteiger partial charge in [0.05, 0.1) is 24.2 Å². The van der Waals surface area contributed by atoms with Crippen molar-refractivity contribution in [3.63, 3.8) is 0 Å². The molecule has 0 saturated carbocycles. The van der Waals surface area contributed by atoms with E-state index in [9.17, 15) is 14.3 Å². The van der Waals surface area contributed by atoms with E-state index in [1.807, 2.05) is 32.0 Å². The van der Waals surface area contributed by atoms with E-state index in [1.165, 1.54) is 0 Å². The molecule has 40 heavy (non-hydrogen) atoms. The molecule has 10 nitrogen and oxygen atoms in total. The van der Waals surface area contributed by atoms with Crippen LogP contribution in [0.15, 0.2) is 60.8 Å². The van der Waals surface area contributed by atoms with Crippen LogP contribution in [0.5, 0.6) is 5.75 Å². The second-order valence-electron chi connectivity index (χ2n) is 8.54. The first-order valence-electron chi connectivity index (χ1n) is 12.6. The van der Waals surface area contributed by atoms with Gasteiger partial charge < -0.3 is 20.5 Å². The number of anilines is 4. The van der Waals surface area contributed by atoms with E-state index < -0.39 is 11.7 Å². The van der Waals surface area contributed by atoms with Crippen LogP contribution in [-0.4, -0.2) is 45.7 Å². The number of hydrazine groups is 1. The maximum Gasteiger partial charge on any atom is 0.288 e. The Morgan fingerprint density at radius 1 is 1.07 bits per heavy atom. The standard InChI is InChI=1S/C28H29ClFN7O3/c1-3-23-24(33-20-13-18(12-19(29)15-20)17-6-5-7-21(38)14-17)8-9-25(34-23)27(39)36-37-28-32-16-22(30)26(35-28)31-10-11-40-4-2/h5-9,12-16,33,38H,3-4,10-11H2,1-2H3,(H,36,39)(H2,31,32,35,37). The summed E-state index contributed by atoms with van der Waals surface area (Å²) in [6.45, 7) is 5.11. The van der Waals surface area contributed by atoms with Crippen molar-refractivity contribution in [3.8, 4) is 16.9 Å². The Balaban J connectivity index is 1.44. The van der Waals surface area contributed by atoms with Crippen molar-refractivity contribution in [1.82, 2.24) is 20.4 Å². The summed E-state index contributed by atoms with van der Waals surface area (Å²) in [6.07, 6.45) is 1.55. The van der Waals surface area contributed by atoms with E-state index in [0.717, 1.165) is 23.0 Å². The van der Waals surface area contributed by atoms with E-state index in [2.05, 4.69) is 36.4 Å². The second-order valence-corrected chi connectivity index (χ2v) is 8.98. The van der Waals surface area contributed by atoms with Gasteiger partial charge in [0.1, 0.15) is 11.4 Å². The number of aromatic nitrogens is 3. The first kappa shape index (κ1) is 28.5. The number of nitrogens with zero attached hydrogens (tertiary/aromatic N) is 3. The van der Waals surface area contributed by atoms with E-state index in [0.29, 0.717) is 42.6 Å². The fourth-order valence-corrected chi connectivity index (χ4v) is 4.03. The molecule has 0 aliphatic rings. The number of pyridine rings is 1. The number of ether oxygens (including phenoxy) is 1. The summed E-state index contributed by atoms with van der Waals surface area (Å²) in [6, 6.07) is 15.7. The van der Waals surface area contributed by atoms with Crippen LogP contribution in [0.3, 0.4) is 0 Å². The number of phenols is 1. The Morgan fingerprint density at radius 3 is 2.70 bits per heavy atom. The molecule has 0 aliphatic carbocycles. The van der Waals surface area contributed by atoms with Crippen molar-refractivity contribution in [2.75, 3.05) is 35.8 Å². The lowest BCUT2D eigenvalue weighted by Gasteiger charge is -2.14. The van der Waals surface area contributed by atoms with Gasteiger partial charge >= 0.3 is 0 Å². The number of halogens is 2. The summed E-state index contributed by atoms with van der Waals surface area (Å²) < 4.78 is 19.2. The van der Waals surface area contributed by atoms with Crippen LogP contribution in [-0.2, 0) is 11.2 Å². The van der Waals surface area contributed by atoms with Gasteiger partial charge in [-0.15, -0.1) is 0 Å². The largest absolute Gasteiger partial charge is 0.508 e. The highest BCUT2D eigenvalue weighted by Crippen LogP contribution is 2.31. The topological polar surface area (TPSA) is 133 Å². The molecule has 5 N–H and O–H groups in total. The van der Waals surface area contributed by atoms with Gasteiger partial charge in [0, 0.05) is 23.9 Å². The molecule has 2 heterocycles. The summed E-state index contributed by atoms with van der Waals surface area (Å²) in [5, 5.41) is 16.5. The molecule has 0 radical (unpaired) electrons. The van der Waals surface area contributed by atoms with E-state index >= 15 is 0 Å². The first-order chi connectivity index (χ1) is 19.4. The summed E-state index contributed by atoms with van der Waals surface area (Å²) in [4.78, 5) is 25.1. The number of carbonyl (C=O) groups is 1. The summed E-state index contributed by atoms with van der Waals surface area (Å²) in [7, 11) is 0. The Kier molecular flexibility index (Phi) is 9.66. The fourth-order valence-electron chi connectivity index (χ4n) is 3.79. The molecule has 0 fully saturated rings. The second kappa shape index (κ2) is 13.5. The molecule has 208 valence electrons. The molecular weight excluding hydrogens is 537 g/mol. The lowest BCUT2D eigenvalue weighted by atomic mass is 10.0. The van der Waals surface area contributed by atoms with Crippen molar-refractivity contribution in [2.24, 2.45) is 0 Å². The molecule has 4 aromatic rings. The Bertz CT molecular complexity index is 1490. The summed E-state index contributed by atoms with van der Waals surface area (Å²) in [5.41, 5.74) is 8.98. The third-order valence-corrected chi connectivity index (χ3v) is 5.89. The average Bonchev–Trinajstić information content (AvgIpc) is 2.95. The normalized spacial score (nSPS) is 10.7. The van der Waals surface area contributed by atoms with Gasteiger partial charge in [-0.1, -0.05) is 30.7 Å². The van der Waals surface area contributed by atoms with Gasteiger partial charge in [-0.05, 0) is 66.9 Å². The predicted octanol–water partition coefficient (Wildman–Crippen LogP) is 5.55. The van der Waals surface area contributed by atoms with Gasteiger partial charge in [0.15, 0.2) is 11.6 Å². The highest BCUT2D eigenvalue weighted by atomic mass is 35.5. The molecule has 12 heteroatoms. The molecule has 2 aromatic heterocycles. The number of hydrogen-bond acceptors (Lipinski definition) is 9. The number of aromatic hydroxyl groups is 1.